The molecule has 0 spiro atoms. The second-order valence-corrected chi connectivity index (χ2v) is 9.46. The van der Waals surface area contributed by atoms with Crippen LogP contribution in [0.5, 0.6) is 5.75 Å². The molecule has 2 aromatic carbocycles. The highest BCUT2D eigenvalue weighted by Crippen LogP contribution is 2.26. The van der Waals surface area contributed by atoms with E-state index in [1.165, 1.54) is 4.57 Å². The summed E-state index contributed by atoms with van der Waals surface area (Å²) in [6, 6.07) is 15.5. The third kappa shape index (κ3) is 7.32. The number of hydrogen-bond donors (Lipinski definition) is 2. The zero-order valence-corrected chi connectivity index (χ0v) is 22.0. The van der Waals surface area contributed by atoms with Gasteiger partial charge in [-0.3, -0.25) is 14.4 Å². The van der Waals surface area contributed by atoms with Crippen molar-refractivity contribution in [3.05, 3.63) is 99.0 Å². The fraction of sp³-hybridized carbons (Fsp3) is 0.367. The molecule has 7 nitrogen and oxygen atoms in total. The largest absolute Gasteiger partial charge is 0.496 e. The number of benzene rings is 2. The van der Waals surface area contributed by atoms with Gasteiger partial charge in [0.2, 0.25) is 5.91 Å². The number of rotatable bonds is 12. The summed E-state index contributed by atoms with van der Waals surface area (Å²) in [6.07, 6.45) is 3.99. The van der Waals surface area contributed by atoms with Crippen LogP contribution >= 0.6 is 0 Å². The lowest BCUT2D eigenvalue weighted by atomic mass is 9.99. The quantitative estimate of drug-likeness (QED) is 0.356. The van der Waals surface area contributed by atoms with Crippen molar-refractivity contribution in [3.8, 4) is 5.75 Å². The van der Waals surface area contributed by atoms with Crippen LogP contribution in [-0.4, -0.2) is 28.7 Å². The Morgan fingerprint density at radius 3 is 2.43 bits per heavy atom. The van der Waals surface area contributed by atoms with Crippen molar-refractivity contribution in [2.75, 3.05) is 7.11 Å². The van der Waals surface area contributed by atoms with Gasteiger partial charge in [-0.05, 0) is 54.7 Å². The second kappa shape index (κ2) is 12.9. The minimum atomic E-state index is -1.03. The number of methoxy groups -OCH3 is 1. The number of carboxylic acid groups (broad SMARTS) is 1. The average molecular weight is 505 g/mol. The number of ether oxygens (including phenoxy) is 1. The maximum atomic E-state index is 13.7. The van der Waals surface area contributed by atoms with Crippen LogP contribution in [-0.2, 0) is 16.0 Å². The van der Waals surface area contributed by atoms with Gasteiger partial charge >= 0.3 is 5.97 Å². The van der Waals surface area contributed by atoms with E-state index in [-0.39, 0.29) is 17.9 Å². The van der Waals surface area contributed by atoms with Crippen LogP contribution in [0.2, 0.25) is 0 Å². The first-order valence-corrected chi connectivity index (χ1v) is 12.7. The SMILES string of the molecule is CCCCC(C(=O)N[C@@H](CC(=O)O)c1ccc(OC)c(C)c1)n1cc(C)cc(Cc2ccccc2)c1=O. The lowest BCUT2D eigenvalue weighted by molar-refractivity contribution is -0.137. The number of pyridine rings is 1. The van der Waals surface area contributed by atoms with Gasteiger partial charge in [0.1, 0.15) is 11.8 Å². The fourth-order valence-corrected chi connectivity index (χ4v) is 4.60. The van der Waals surface area contributed by atoms with E-state index in [1.54, 1.807) is 25.4 Å². The summed E-state index contributed by atoms with van der Waals surface area (Å²) in [6.45, 7) is 5.81. The molecule has 7 heteroatoms. The Bertz CT molecular complexity index is 1280. The van der Waals surface area contributed by atoms with Gasteiger partial charge in [0, 0.05) is 18.2 Å². The van der Waals surface area contributed by atoms with Crippen LogP contribution in [0.25, 0.3) is 0 Å². The first kappa shape index (κ1) is 27.7. The summed E-state index contributed by atoms with van der Waals surface area (Å²) in [4.78, 5) is 38.9. The molecule has 37 heavy (non-hydrogen) atoms. The van der Waals surface area contributed by atoms with E-state index in [1.807, 2.05) is 63.2 Å². The standard InChI is InChI=1S/C30H36N2O5/c1-5-6-12-26(32-19-20(2)15-24(30(32)36)17-22-10-8-7-9-11-22)29(35)31-25(18-28(33)34)23-13-14-27(37-4)21(3)16-23/h7-11,13-16,19,25-26H,5-6,12,17-18H2,1-4H3,(H,31,35)(H,33,34)/t25-,26?/m0/s1. The highest BCUT2D eigenvalue weighted by Gasteiger charge is 2.27. The van der Waals surface area contributed by atoms with Crippen molar-refractivity contribution in [1.29, 1.82) is 0 Å². The molecule has 2 N–H and O–H groups in total. The van der Waals surface area contributed by atoms with Gasteiger partial charge in [-0.15, -0.1) is 0 Å². The zero-order chi connectivity index (χ0) is 26.9. The molecule has 1 aromatic heterocycles. The third-order valence-corrected chi connectivity index (χ3v) is 6.48. The number of aliphatic carboxylic acids is 1. The number of aryl methyl sites for hydroxylation is 2. The number of carbonyl (C=O) groups excluding carboxylic acids is 1. The zero-order valence-electron chi connectivity index (χ0n) is 22.0. The Balaban J connectivity index is 1.97. The smallest absolute Gasteiger partial charge is 0.305 e. The molecule has 1 heterocycles. The molecule has 3 aromatic rings. The van der Waals surface area contributed by atoms with Crippen LogP contribution in [0.3, 0.4) is 0 Å². The highest BCUT2D eigenvalue weighted by atomic mass is 16.5. The van der Waals surface area contributed by atoms with Gasteiger partial charge in [0.05, 0.1) is 19.6 Å². The van der Waals surface area contributed by atoms with Crippen molar-refractivity contribution in [1.82, 2.24) is 9.88 Å². The van der Waals surface area contributed by atoms with E-state index in [2.05, 4.69) is 5.32 Å². The van der Waals surface area contributed by atoms with Crippen molar-refractivity contribution < 1.29 is 19.4 Å². The third-order valence-electron chi connectivity index (χ3n) is 6.48. The Morgan fingerprint density at radius 2 is 1.81 bits per heavy atom. The Labute approximate surface area is 218 Å². The predicted octanol–water partition coefficient (Wildman–Crippen LogP) is 5.13. The molecule has 3 rings (SSSR count). The summed E-state index contributed by atoms with van der Waals surface area (Å²) in [7, 11) is 1.57. The van der Waals surface area contributed by atoms with Gasteiger partial charge in [0.25, 0.3) is 5.56 Å². The summed E-state index contributed by atoms with van der Waals surface area (Å²) < 4.78 is 6.84. The molecule has 1 amide bonds. The number of unbranched alkanes of at least 4 members (excludes halogenated alkanes) is 1. The van der Waals surface area contributed by atoms with E-state index in [0.717, 1.165) is 29.5 Å². The van der Waals surface area contributed by atoms with E-state index in [4.69, 9.17) is 4.74 Å². The molecule has 0 radical (unpaired) electrons. The van der Waals surface area contributed by atoms with E-state index in [9.17, 15) is 19.5 Å². The monoisotopic (exact) mass is 504 g/mol. The van der Waals surface area contributed by atoms with Gasteiger partial charge in [-0.25, -0.2) is 0 Å². The van der Waals surface area contributed by atoms with Crippen molar-refractivity contribution in [2.45, 2.75) is 65.0 Å². The predicted molar refractivity (Wildman–Crippen MR) is 144 cm³/mol. The molecule has 1 unspecified atom stereocenters. The minimum absolute atomic E-state index is 0.208. The number of nitrogens with one attached hydrogen (secondary N) is 1. The van der Waals surface area contributed by atoms with Crippen LogP contribution in [0, 0.1) is 13.8 Å². The fourth-order valence-electron chi connectivity index (χ4n) is 4.60. The summed E-state index contributed by atoms with van der Waals surface area (Å²) in [5.74, 6) is -0.712. The minimum Gasteiger partial charge on any atom is -0.496 e. The molecule has 0 aliphatic carbocycles. The molecule has 2 atom stereocenters. The first-order valence-electron chi connectivity index (χ1n) is 12.7. The summed E-state index contributed by atoms with van der Waals surface area (Å²) >= 11 is 0. The molecule has 0 aliphatic heterocycles. The topological polar surface area (TPSA) is 97.6 Å². The summed E-state index contributed by atoms with van der Waals surface area (Å²) in [5, 5.41) is 12.5. The van der Waals surface area contributed by atoms with E-state index >= 15 is 0 Å². The molecular weight excluding hydrogens is 468 g/mol. The molecule has 0 aliphatic rings. The van der Waals surface area contributed by atoms with Crippen LogP contribution in [0.1, 0.15) is 72.5 Å². The number of hydrogen-bond acceptors (Lipinski definition) is 4. The van der Waals surface area contributed by atoms with Gasteiger partial charge in [-0.2, -0.15) is 0 Å². The van der Waals surface area contributed by atoms with Gasteiger partial charge < -0.3 is 19.7 Å². The van der Waals surface area contributed by atoms with E-state index < -0.39 is 18.1 Å². The number of carbonyl (C=O) groups is 2. The number of nitrogens with zero attached hydrogens (tertiary/aromatic N) is 1. The van der Waals surface area contributed by atoms with Gasteiger partial charge in [0.15, 0.2) is 0 Å². The second-order valence-electron chi connectivity index (χ2n) is 9.46. The molecule has 0 fully saturated rings. The van der Waals surface area contributed by atoms with Crippen molar-refractivity contribution >= 4 is 11.9 Å². The lowest BCUT2D eigenvalue weighted by Gasteiger charge is -2.25. The Hall–Kier alpha value is -3.87. The summed E-state index contributed by atoms with van der Waals surface area (Å²) in [5.41, 5.74) is 3.82. The number of carboxylic acids is 1. The van der Waals surface area contributed by atoms with Crippen LogP contribution < -0.4 is 15.6 Å². The van der Waals surface area contributed by atoms with Gasteiger partial charge in [-0.1, -0.05) is 62.2 Å². The Kier molecular flexibility index (Phi) is 9.66. The molecule has 196 valence electrons. The normalized spacial score (nSPS) is 12.5. The lowest BCUT2D eigenvalue weighted by Crippen LogP contribution is -2.40. The molecule has 0 bridgehead atoms. The Morgan fingerprint density at radius 1 is 1.08 bits per heavy atom. The highest BCUT2D eigenvalue weighted by molar-refractivity contribution is 5.81. The maximum Gasteiger partial charge on any atom is 0.305 e. The molecule has 0 saturated carbocycles. The van der Waals surface area contributed by atoms with Crippen molar-refractivity contribution in [2.24, 2.45) is 0 Å². The number of amides is 1. The average Bonchev–Trinajstić information content (AvgIpc) is 2.86. The van der Waals surface area contributed by atoms with Crippen molar-refractivity contribution in [3.63, 3.8) is 0 Å². The first-order chi connectivity index (χ1) is 17.7. The number of aromatic nitrogens is 1. The van der Waals surface area contributed by atoms with Crippen LogP contribution in [0.4, 0.5) is 0 Å². The van der Waals surface area contributed by atoms with Crippen LogP contribution in [0.15, 0.2) is 65.6 Å². The van der Waals surface area contributed by atoms with E-state index in [0.29, 0.717) is 29.7 Å². The molecular formula is C30H36N2O5. The maximum absolute atomic E-state index is 13.7. The molecule has 0 saturated heterocycles.